The van der Waals surface area contributed by atoms with E-state index >= 15 is 0 Å². The van der Waals surface area contributed by atoms with Crippen LogP contribution in [0.3, 0.4) is 0 Å². The Labute approximate surface area is 137 Å². The van der Waals surface area contributed by atoms with E-state index in [-0.39, 0.29) is 10.6 Å². The minimum absolute atomic E-state index is 0.211. The van der Waals surface area contributed by atoms with Crippen LogP contribution in [0.5, 0.6) is 0 Å². The van der Waals surface area contributed by atoms with Crippen molar-refractivity contribution in [2.24, 2.45) is 0 Å². The van der Waals surface area contributed by atoms with Crippen molar-refractivity contribution in [1.29, 1.82) is 0 Å². The molecule has 0 saturated carbocycles. The van der Waals surface area contributed by atoms with Gasteiger partial charge in [-0.1, -0.05) is 27.5 Å². The standard InChI is InChI=1S/C11H4Br3ClF2S/c12-9-2-5(11(14)18-9)10(13)4-1-8(17)6(15)3-7(4)16/h1-3,10H. The smallest absolute Gasteiger partial charge is 0.142 e. The maximum absolute atomic E-state index is 13.8. The lowest BCUT2D eigenvalue weighted by Gasteiger charge is -2.11. The summed E-state index contributed by atoms with van der Waals surface area (Å²) in [5.74, 6) is -1.18. The van der Waals surface area contributed by atoms with Crippen molar-refractivity contribution in [1.82, 2.24) is 0 Å². The summed E-state index contributed by atoms with van der Waals surface area (Å²) in [6.45, 7) is 0. The Bertz CT molecular complexity index is 600. The van der Waals surface area contributed by atoms with E-state index in [1.807, 2.05) is 6.07 Å². The molecular formula is C11H4Br3ClF2S. The van der Waals surface area contributed by atoms with Gasteiger partial charge in [-0.15, -0.1) is 11.3 Å². The molecule has 18 heavy (non-hydrogen) atoms. The van der Waals surface area contributed by atoms with Gasteiger partial charge in [-0.05, 0) is 55.6 Å². The third-order valence-electron chi connectivity index (χ3n) is 2.27. The fourth-order valence-corrected chi connectivity index (χ4v) is 5.65. The predicted molar refractivity (Wildman–Crippen MR) is 81.9 cm³/mol. The first-order chi connectivity index (χ1) is 8.40. The molecule has 0 radical (unpaired) electrons. The molecule has 0 aliphatic heterocycles. The molecule has 0 saturated heterocycles. The molecule has 1 atom stereocenters. The van der Waals surface area contributed by atoms with Gasteiger partial charge in [-0.2, -0.15) is 0 Å². The van der Waals surface area contributed by atoms with Crippen LogP contribution in [-0.2, 0) is 0 Å². The zero-order valence-corrected chi connectivity index (χ0v) is 14.8. The second kappa shape index (κ2) is 5.87. The zero-order valence-electron chi connectivity index (χ0n) is 8.49. The third kappa shape index (κ3) is 2.98. The molecule has 96 valence electrons. The Morgan fingerprint density at radius 3 is 2.28 bits per heavy atom. The number of hydrogen-bond acceptors (Lipinski definition) is 1. The van der Waals surface area contributed by atoms with Gasteiger partial charge in [0.25, 0.3) is 0 Å². The van der Waals surface area contributed by atoms with Crippen molar-refractivity contribution in [3.63, 3.8) is 0 Å². The van der Waals surface area contributed by atoms with E-state index in [0.29, 0.717) is 0 Å². The van der Waals surface area contributed by atoms with Crippen LogP contribution >= 0.6 is 70.7 Å². The topological polar surface area (TPSA) is 0 Å². The Kier molecular flexibility index (Phi) is 4.86. The molecule has 0 spiro atoms. The highest BCUT2D eigenvalue weighted by Gasteiger charge is 2.21. The minimum Gasteiger partial charge on any atom is -0.207 e. The SMILES string of the molecule is Fc1cc(C(Br)c2cc(Br)sc2Br)c(F)cc1Cl. The van der Waals surface area contributed by atoms with E-state index in [0.717, 1.165) is 25.3 Å². The van der Waals surface area contributed by atoms with Crippen LogP contribution in [0, 0.1) is 11.6 Å². The Balaban J connectivity index is 2.49. The van der Waals surface area contributed by atoms with Crippen molar-refractivity contribution in [3.8, 4) is 0 Å². The normalized spacial score (nSPS) is 12.8. The number of rotatable bonds is 2. The van der Waals surface area contributed by atoms with Crippen molar-refractivity contribution in [2.75, 3.05) is 0 Å². The minimum atomic E-state index is -0.636. The Morgan fingerprint density at radius 1 is 1.06 bits per heavy atom. The summed E-state index contributed by atoms with van der Waals surface area (Å²) < 4.78 is 29.0. The maximum Gasteiger partial charge on any atom is 0.142 e. The molecular weight excluding hydrogens is 477 g/mol. The Morgan fingerprint density at radius 2 is 1.72 bits per heavy atom. The fraction of sp³-hybridized carbons (Fsp3) is 0.0909. The highest BCUT2D eigenvalue weighted by molar-refractivity contribution is 9.12. The molecule has 0 nitrogen and oxygen atoms in total. The Hall–Kier alpha value is 0.510. The molecule has 1 heterocycles. The largest absolute Gasteiger partial charge is 0.207 e. The number of benzene rings is 1. The molecule has 2 rings (SSSR count). The first-order valence-electron chi connectivity index (χ1n) is 4.63. The van der Waals surface area contributed by atoms with Gasteiger partial charge in [0.2, 0.25) is 0 Å². The summed E-state index contributed by atoms with van der Waals surface area (Å²) in [7, 11) is 0. The molecule has 0 aliphatic rings. The first kappa shape index (κ1) is 14.9. The highest BCUT2D eigenvalue weighted by atomic mass is 79.9. The van der Waals surface area contributed by atoms with Crippen LogP contribution in [0.1, 0.15) is 16.0 Å². The number of hydrogen-bond donors (Lipinski definition) is 0. The summed E-state index contributed by atoms with van der Waals surface area (Å²) in [6.07, 6.45) is 0. The molecule has 7 heteroatoms. The highest BCUT2D eigenvalue weighted by Crippen LogP contribution is 2.43. The summed E-state index contributed by atoms with van der Waals surface area (Å²) in [5, 5.41) is -0.221. The predicted octanol–water partition coefficient (Wildman–Crippen LogP) is 6.69. The summed E-state index contributed by atoms with van der Waals surface area (Å²) in [5.41, 5.74) is 1.04. The van der Waals surface area contributed by atoms with E-state index < -0.39 is 16.5 Å². The van der Waals surface area contributed by atoms with Gasteiger partial charge in [0.1, 0.15) is 11.6 Å². The van der Waals surface area contributed by atoms with Crippen LogP contribution in [-0.4, -0.2) is 0 Å². The average molecular weight is 481 g/mol. The lowest BCUT2D eigenvalue weighted by Crippen LogP contribution is -1.97. The molecule has 0 fully saturated rings. The van der Waals surface area contributed by atoms with E-state index in [1.165, 1.54) is 11.3 Å². The molecule has 1 unspecified atom stereocenters. The van der Waals surface area contributed by atoms with Gasteiger partial charge in [-0.3, -0.25) is 0 Å². The van der Waals surface area contributed by atoms with Crippen molar-refractivity contribution in [2.45, 2.75) is 4.83 Å². The van der Waals surface area contributed by atoms with E-state index in [2.05, 4.69) is 47.8 Å². The maximum atomic E-state index is 13.8. The van der Waals surface area contributed by atoms with Crippen molar-refractivity contribution < 1.29 is 8.78 Å². The quantitative estimate of drug-likeness (QED) is 0.331. The summed E-state index contributed by atoms with van der Waals surface area (Å²) in [6, 6.07) is 3.94. The van der Waals surface area contributed by atoms with Crippen LogP contribution in [0.15, 0.2) is 25.8 Å². The molecule has 2 aromatic rings. The molecule has 1 aromatic carbocycles. The average Bonchev–Trinajstić information content (AvgIpc) is 2.62. The molecule has 0 aliphatic carbocycles. The van der Waals surface area contributed by atoms with E-state index in [9.17, 15) is 8.78 Å². The number of alkyl halides is 1. The van der Waals surface area contributed by atoms with Gasteiger partial charge in [0.05, 0.1) is 17.4 Å². The van der Waals surface area contributed by atoms with E-state index in [4.69, 9.17) is 11.6 Å². The van der Waals surface area contributed by atoms with Crippen LogP contribution in [0.2, 0.25) is 5.02 Å². The van der Waals surface area contributed by atoms with Gasteiger partial charge in [0, 0.05) is 5.56 Å². The van der Waals surface area contributed by atoms with Crippen LogP contribution < -0.4 is 0 Å². The molecule has 0 N–H and O–H groups in total. The van der Waals surface area contributed by atoms with Crippen LogP contribution in [0.25, 0.3) is 0 Å². The zero-order chi connectivity index (χ0) is 13.4. The fourth-order valence-electron chi connectivity index (χ4n) is 1.43. The lowest BCUT2D eigenvalue weighted by molar-refractivity contribution is 0.588. The monoisotopic (exact) mass is 478 g/mol. The van der Waals surface area contributed by atoms with Gasteiger partial charge < -0.3 is 0 Å². The van der Waals surface area contributed by atoms with Gasteiger partial charge >= 0.3 is 0 Å². The van der Waals surface area contributed by atoms with E-state index in [1.54, 1.807) is 0 Å². The summed E-state index contributed by atoms with van der Waals surface area (Å²) in [4.78, 5) is -0.443. The van der Waals surface area contributed by atoms with Crippen molar-refractivity contribution in [3.05, 3.63) is 53.6 Å². The van der Waals surface area contributed by atoms with Gasteiger partial charge in [0.15, 0.2) is 0 Å². The van der Waals surface area contributed by atoms with Gasteiger partial charge in [-0.25, -0.2) is 8.78 Å². The summed E-state index contributed by atoms with van der Waals surface area (Å²) >= 11 is 17.1. The number of thiophene rings is 1. The first-order valence-corrected chi connectivity index (χ1v) is 8.33. The number of halogens is 6. The van der Waals surface area contributed by atoms with Crippen LogP contribution in [0.4, 0.5) is 8.78 Å². The van der Waals surface area contributed by atoms with Crippen molar-refractivity contribution >= 4 is 70.7 Å². The lowest BCUT2D eigenvalue weighted by atomic mass is 10.1. The molecule has 0 bridgehead atoms. The second-order valence-electron chi connectivity index (χ2n) is 3.43. The molecule has 0 amide bonds. The molecule has 1 aromatic heterocycles. The second-order valence-corrected chi connectivity index (χ2v) is 8.50. The third-order valence-corrected chi connectivity index (χ3v) is 5.93.